The Bertz CT molecular complexity index is 951. The van der Waals surface area contributed by atoms with Crippen molar-refractivity contribution in [3.63, 3.8) is 0 Å². The van der Waals surface area contributed by atoms with Gasteiger partial charge >= 0.3 is 0 Å². The Hall–Kier alpha value is -2.66. The van der Waals surface area contributed by atoms with Crippen molar-refractivity contribution in [2.45, 2.75) is 19.9 Å². The van der Waals surface area contributed by atoms with Crippen LogP contribution in [-0.4, -0.2) is 17.7 Å². The highest BCUT2D eigenvalue weighted by Gasteiger charge is 2.12. The zero-order chi connectivity index (χ0) is 18.5. The van der Waals surface area contributed by atoms with Gasteiger partial charge in [0.1, 0.15) is 6.04 Å². The van der Waals surface area contributed by atoms with E-state index in [2.05, 4.69) is 43.9 Å². The van der Waals surface area contributed by atoms with Crippen LogP contribution in [0.5, 0.6) is 0 Å². The van der Waals surface area contributed by atoms with E-state index in [1.165, 1.54) is 5.39 Å². The number of hydrogen-bond donors (Lipinski definition) is 2. The van der Waals surface area contributed by atoms with E-state index in [0.29, 0.717) is 0 Å². The summed E-state index contributed by atoms with van der Waals surface area (Å²) in [5.41, 5.74) is 5.25. The number of halogens is 1. The van der Waals surface area contributed by atoms with Crippen LogP contribution < -0.4 is 10.7 Å². The third-order valence-corrected chi connectivity index (χ3v) is 4.65. The van der Waals surface area contributed by atoms with Gasteiger partial charge in [-0.05, 0) is 54.4 Å². The summed E-state index contributed by atoms with van der Waals surface area (Å²) in [6, 6.07) is 21.6. The summed E-state index contributed by atoms with van der Waals surface area (Å²) in [6.07, 6.45) is 0. The lowest BCUT2D eigenvalue weighted by atomic mass is 10.1. The number of carbonyl (C=O) groups is 1. The van der Waals surface area contributed by atoms with Crippen LogP contribution in [0.2, 0.25) is 0 Å². The van der Waals surface area contributed by atoms with E-state index in [9.17, 15) is 4.79 Å². The molecule has 0 aliphatic rings. The minimum atomic E-state index is -0.405. The second-order valence-corrected chi connectivity index (χ2v) is 7.02. The van der Waals surface area contributed by atoms with Crippen LogP contribution in [0, 0.1) is 0 Å². The fraction of sp³-hybridized carbons (Fsp3) is 0.143. The van der Waals surface area contributed by atoms with Crippen LogP contribution in [0.3, 0.4) is 0 Å². The van der Waals surface area contributed by atoms with E-state index < -0.39 is 6.04 Å². The molecule has 0 aliphatic carbocycles. The molecule has 3 aromatic rings. The Morgan fingerprint density at radius 1 is 1.00 bits per heavy atom. The van der Waals surface area contributed by atoms with Gasteiger partial charge in [-0.25, -0.2) is 5.43 Å². The molecule has 5 heteroatoms. The van der Waals surface area contributed by atoms with Crippen molar-refractivity contribution < 1.29 is 4.79 Å². The van der Waals surface area contributed by atoms with Crippen molar-refractivity contribution in [2.75, 3.05) is 5.32 Å². The van der Waals surface area contributed by atoms with Gasteiger partial charge in [-0.15, -0.1) is 0 Å². The van der Waals surface area contributed by atoms with E-state index in [0.717, 1.165) is 26.8 Å². The third-order valence-electron chi connectivity index (χ3n) is 4.12. The summed E-state index contributed by atoms with van der Waals surface area (Å²) in [4.78, 5) is 12.3. The fourth-order valence-electron chi connectivity index (χ4n) is 2.59. The number of fused-ring (bicyclic) bond motifs is 1. The Morgan fingerprint density at radius 2 is 1.69 bits per heavy atom. The minimum absolute atomic E-state index is 0.186. The summed E-state index contributed by atoms with van der Waals surface area (Å²) < 4.78 is 1.01. The number of amides is 1. The maximum atomic E-state index is 12.3. The Kier molecular flexibility index (Phi) is 5.68. The third kappa shape index (κ3) is 4.49. The van der Waals surface area contributed by atoms with Crippen LogP contribution in [0.1, 0.15) is 19.4 Å². The van der Waals surface area contributed by atoms with E-state index in [-0.39, 0.29) is 5.91 Å². The van der Waals surface area contributed by atoms with E-state index >= 15 is 0 Å². The van der Waals surface area contributed by atoms with Crippen molar-refractivity contribution in [1.82, 2.24) is 5.43 Å². The predicted octanol–water partition coefficient (Wildman–Crippen LogP) is 4.94. The maximum Gasteiger partial charge on any atom is 0.262 e. The molecule has 0 spiro atoms. The predicted molar refractivity (Wildman–Crippen MR) is 112 cm³/mol. The quantitative estimate of drug-likeness (QED) is 0.462. The average molecular weight is 410 g/mol. The number of rotatable bonds is 5. The maximum absolute atomic E-state index is 12.3. The first-order valence-electron chi connectivity index (χ1n) is 8.38. The fourth-order valence-corrected chi connectivity index (χ4v) is 2.85. The zero-order valence-electron chi connectivity index (χ0n) is 14.7. The molecular formula is C21H20BrN3O. The molecule has 0 aliphatic heterocycles. The molecule has 0 fully saturated rings. The number of nitrogens with zero attached hydrogens (tertiary/aromatic N) is 1. The number of anilines is 1. The van der Waals surface area contributed by atoms with Crippen LogP contribution in [0.25, 0.3) is 10.8 Å². The molecule has 2 N–H and O–H groups in total. The first-order chi connectivity index (χ1) is 12.5. The summed E-state index contributed by atoms with van der Waals surface area (Å²) in [5, 5.41) is 9.72. The van der Waals surface area contributed by atoms with Gasteiger partial charge in [0.15, 0.2) is 0 Å². The van der Waals surface area contributed by atoms with Gasteiger partial charge in [0.2, 0.25) is 0 Å². The van der Waals surface area contributed by atoms with Crippen molar-refractivity contribution in [2.24, 2.45) is 5.10 Å². The van der Waals surface area contributed by atoms with E-state index in [4.69, 9.17) is 0 Å². The van der Waals surface area contributed by atoms with E-state index in [1.807, 2.05) is 68.4 Å². The standard InChI is InChI=1S/C21H20BrN3O/c1-14(16-7-10-19(22)11-8-16)24-25-21(26)15(2)23-20-12-9-17-5-3-4-6-18(17)13-20/h3-13,15,23H,1-2H3,(H,25,26). The minimum Gasteiger partial charge on any atom is -0.374 e. The van der Waals surface area contributed by atoms with Crippen molar-refractivity contribution in [3.8, 4) is 0 Å². The Balaban J connectivity index is 1.63. The molecule has 0 aromatic heterocycles. The first-order valence-corrected chi connectivity index (χ1v) is 9.17. The normalized spacial score (nSPS) is 12.7. The van der Waals surface area contributed by atoms with Gasteiger partial charge in [0, 0.05) is 10.2 Å². The van der Waals surface area contributed by atoms with Gasteiger partial charge in [-0.3, -0.25) is 4.79 Å². The Morgan fingerprint density at radius 3 is 2.42 bits per heavy atom. The average Bonchev–Trinajstić information content (AvgIpc) is 2.66. The van der Waals surface area contributed by atoms with E-state index in [1.54, 1.807) is 0 Å². The summed E-state index contributed by atoms with van der Waals surface area (Å²) in [5.74, 6) is -0.186. The first kappa shape index (κ1) is 18.1. The molecule has 132 valence electrons. The molecule has 0 heterocycles. The molecular weight excluding hydrogens is 390 g/mol. The number of nitrogens with one attached hydrogen (secondary N) is 2. The van der Waals surface area contributed by atoms with Crippen molar-refractivity contribution in [3.05, 3.63) is 76.8 Å². The number of hydrogen-bond acceptors (Lipinski definition) is 3. The highest BCUT2D eigenvalue weighted by atomic mass is 79.9. The van der Waals surface area contributed by atoms with Gasteiger partial charge in [-0.1, -0.05) is 58.4 Å². The van der Waals surface area contributed by atoms with Gasteiger partial charge in [0.25, 0.3) is 5.91 Å². The van der Waals surface area contributed by atoms with Crippen molar-refractivity contribution in [1.29, 1.82) is 0 Å². The molecule has 0 bridgehead atoms. The second kappa shape index (κ2) is 8.15. The molecule has 1 unspecified atom stereocenters. The molecule has 3 aromatic carbocycles. The molecule has 26 heavy (non-hydrogen) atoms. The Labute approximate surface area is 161 Å². The molecule has 1 amide bonds. The van der Waals surface area contributed by atoms with Gasteiger partial charge in [0.05, 0.1) is 5.71 Å². The topological polar surface area (TPSA) is 53.5 Å². The lowest BCUT2D eigenvalue weighted by Gasteiger charge is -2.14. The van der Waals surface area contributed by atoms with Crippen molar-refractivity contribution >= 4 is 44.0 Å². The van der Waals surface area contributed by atoms with Crippen LogP contribution in [-0.2, 0) is 4.79 Å². The molecule has 0 saturated heterocycles. The van der Waals surface area contributed by atoms with Crippen LogP contribution in [0.4, 0.5) is 5.69 Å². The molecule has 0 radical (unpaired) electrons. The smallest absolute Gasteiger partial charge is 0.262 e. The van der Waals surface area contributed by atoms with Gasteiger partial charge < -0.3 is 5.32 Å². The largest absolute Gasteiger partial charge is 0.374 e. The number of hydrazone groups is 1. The SMILES string of the molecule is CC(=NNC(=O)C(C)Nc1ccc2ccccc2c1)c1ccc(Br)cc1. The summed E-state index contributed by atoms with van der Waals surface area (Å²) >= 11 is 3.40. The van der Waals surface area contributed by atoms with Crippen LogP contribution >= 0.6 is 15.9 Å². The summed E-state index contributed by atoms with van der Waals surface area (Å²) in [6.45, 7) is 3.68. The van der Waals surface area contributed by atoms with Crippen LogP contribution in [0.15, 0.2) is 76.3 Å². The highest BCUT2D eigenvalue weighted by molar-refractivity contribution is 9.10. The molecule has 1 atom stereocenters. The number of carbonyl (C=O) groups excluding carboxylic acids is 1. The zero-order valence-corrected chi connectivity index (χ0v) is 16.2. The number of benzene rings is 3. The molecule has 4 nitrogen and oxygen atoms in total. The highest BCUT2D eigenvalue weighted by Crippen LogP contribution is 2.19. The monoisotopic (exact) mass is 409 g/mol. The molecule has 3 rings (SSSR count). The van der Waals surface area contributed by atoms with Gasteiger partial charge in [-0.2, -0.15) is 5.10 Å². The lowest BCUT2D eigenvalue weighted by Crippen LogP contribution is -2.35. The summed E-state index contributed by atoms with van der Waals surface area (Å²) in [7, 11) is 0. The lowest BCUT2D eigenvalue weighted by molar-refractivity contribution is -0.121. The second-order valence-electron chi connectivity index (χ2n) is 6.11. The molecule has 0 saturated carbocycles.